The van der Waals surface area contributed by atoms with E-state index < -0.39 is 17.4 Å². The molecule has 0 aromatic heterocycles. The lowest BCUT2D eigenvalue weighted by atomic mass is 9.87. The summed E-state index contributed by atoms with van der Waals surface area (Å²) in [6, 6.07) is 13.8. The van der Waals surface area contributed by atoms with Gasteiger partial charge in [0.1, 0.15) is 11.4 Å². The molecule has 5 nitrogen and oxygen atoms in total. The lowest BCUT2D eigenvalue weighted by Crippen LogP contribution is -2.43. The van der Waals surface area contributed by atoms with Gasteiger partial charge >= 0.3 is 6.03 Å². The SMILES string of the molecule is CC[C@]1(c2ccc(F)cc2)NC(=O)N(Cc2ccc(C#N)cc2)C1=O. The highest BCUT2D eigenvalue weighted by molar-refractivity contribution is 6.07. The Labute approximate surface area is 144 Å². The Balaban J connectivity index is 1.90. The van der Waals surface area contributed by atoms with Crippen LogP contribution in [0.25, 0.3) is 0 Å². The van der Waals surface area contributed by atoms with Gasteiger partial charge in [-0.15, -0.1) is 0 Å². The number of rotatable bonds is 4. The van der Waals surface area contributed by atoms with Gasteiger partial charge in [0.25, 0.3) is 5.91 Å². The second kappa shape index (κ2) is 6.36. The van der Waals surface area contributed by atoms with Crippen LogP contribution in [-0.2, 0) is 16.9 Å². The number of carbonyl (C=O) groups excluding carboxylic acids is 2. The van der Waals surface area contributed by atoms with Gasteiger partial charge in [0.15, 0.2) is 0 Å². The molecule has 1 aliphatic rings. The highest BCUT2D eigenvalue weighted by Crippen LogP contribution is 2.33. The molecule has 1 aliphatic heterocycles. The van der Waals surface area contributed by atoms with Crippen LogP contribution in [0.15, 0.2) is 48.5 Å². The maximum Gasteiger partial charge on any atom is 0.325 e. The molecular weight excluding hydrogens is 321 g/mol. The predicted molar refractivity (Wildman–Crippen MR) is 88.6 cm³/mol. The molecule has 25 heavy (non-hydrogen) atoms. The van der Waals surface area contributed by atoms with Crippen molar-refractivity contribution >= 4 is 11.9 Å². The third-order valence-electron chi connectivity index (χ3n) is 4.47. The van der Waals surface area contributed by atoms with Gasteiger partial charge in [-0.2, -0.15) is 5.26 Å². The first kappa shape index (κ1) is 16.7. The Morgan fingerprint density at radius 3 is 2.32 bits per heavy atom. The van der Waals surface area contributed by atoms with Gasteiger partial charge in [0.05, 0.1) is 18.2 Å². The minimum absolute atomic E-state index is 0.110. The molecule has 0 spiro atoms. The van der Waals surface area contributed by atoms with Gasteiger partial charge in [-0.25, -0.2) is 9.18 Å². The van der Waals surface area contributed by atoms with E-state index in [1.807, 2.05) is 6.07 Å². The average Bonchev–Trinajstić information content (AvgIpc) is 2.88. The normalized spacial score (nSPS) is 19.6. The van der Waals surface area contributed by atoms with Gasteiger partial charge < -0.3 is 5.32 Å². The number of nitriles is 1. The molecule has 0 bridgehead atoms. The monoisotopic (exact) mass is 337 g/mol. The molecule has 6 heteroatoms. The molecule has 126 valence electrons. The molecule has 0 saturated carbocycles. The third kappa shape index (κ3) is 2.85. The molecule has 2 aromatic carbocycles. The van der Waals surface area contributed by atoms with Crippen molar-refractivity contribution in [3.05, 3.63) is 71.0 Å². The first-order valence-electron chi connectivity index (χ1n) is 7.89. The third-order valence-corrected chi connectivity index (χ3v) is 4.47. The molecule has 0 aliphatic carbocycles. The van der Waals surface area contributed by atoms with Crippen molar-refractivity contribution in [3.63, 3.8) is 0 Å². The van der Waals surface area contributed by atoms with Gasteiger partial charge in [-0.1, -0.05) is 31.2 Å². The molecule has 1 saturated heterocycles. The molecule has 3 amide bonds. The molecule has 1 fully saturated rings. The zero-order valence-electron chi connectivity index (χ0n) is 13.6. The second-order valence-electron chi connectivity index (χ2n) is 5.90. The van der Waals surface area contributed by atoms with Crippen LogP contribution in [0.5, 0.6) is 0 Å². The summed E-state index contributed by atoms with van der Waals surface area (Å²) in [7, 11) is 0. The lowest BCUT2D eigenvalue weighted by Gasteiger charge is -2.25. The van der Waals surface area contributed by atoms with Crippen LogP contribution in [-0.4, -0.2) is 16.8 Å². The van der Waals surface area contributed by atoms with Crippen molar-refractivity contribution in [2.24, 2.45) is 0 Å². The molecule has 2 aromatic rings. The van der Waals surface area contributed by atoms with Crippen LogP contribution in [0.1, 0.15) is 30.0 Å². The van der Waals surface area contributed by atoms with Crippen LogP contribution in [0.3, 0.4) is 0 Å². The Hall–Kier alpha value is -3.20. The average molecular weight is 337 g/mol. The Morgan fingerprint density at radius 2 is 1.76 bits per heavy atom. The first-order chi connectivity index (χ1) is 12.0. The molecule has 0 unspecified atom stereocenters. The van der Waals surface area contributed by atoms with Crippen LogP contribution in [0.4, 0.5) is 9.18 Å². The molecule has 1 atom stereocenters. The topological polar surface area (TPSA) is 73.2 Å². The maximum atomic E-state index is 13.2. The van der Waals surface area contributed by atoms with Gasteiger partial charge in [0.2, 0.25) is 0 Å². The lowest BCUT2D eigenvalue weighted by molar-refractivity contribution is -0.132. The van der Waals surface area contributed by atoms with E-state index in [0.717, 1.165) is 10.5 Å². The van der Waals surface area contributed by atoms with E-state index in [1.165, 1.54) is 24.3 Å². The smallest absolute Gasteiger partial charge is 0.319 e. The number of hydrogen-bond donors (Lipinski definition) is 1. The van der Waals surface area contributed by atoms with Gasteiger partial charge in [-0.05, 0) is 41.8 Å². The van der Waals surface area contributed by atoms with Crippen molar-refractivity contribution in [1.29, 1.82) is 5.26 Å². The number of amides is 3. The largest absolute Gasteiger partial charge is 0.325 e. The van der Waals surface area contributed by atoms with E-state index in [-0.39, 0.29) is 12.5 Å². The van der Waals surface area contributed by atoms with Crippen LogP contribution >= 0.6 is 0 Å². The maximum absolute atomic E-state index is 13.2. The standard InChI is InChI=1S/C19H16FN3O2/c1-2-19(15-7-9-16(20)10-8-15)17(24)23(18(25)22-19)12-14-5-3-13(11-21)4-6-14/h3-10H,2,12H2,1H3,(H,22,25)/t19-/m1/s1. The van der Waals surface area contributed by atoms with Crippen molar-refractivity contribution in [2.75, 3.05) is 0 Å². The van der Waals surface area contributed by atoms with E-state index in [9.17, 15) is 14.0 Å². The van der Waals surface area contributed by atoms with Crippen LogP contribution < -0.4 is 5.32 Å². The number of nitrogens with one attached hydrogen (secondary N) is 1. The summed E-state index contributed by atoms with van der Waals surface area (Å²) in [5.41, 5.74) is 0.623. The number of nitrogens with zero attached hydrogens (tertiary/aromatic N) is 2. The fraction of sp³-hybridized carbons (Fsp3) is 0.211. The van der Waals surface area contributed by atoms with Crippen molar-refractivity contribution in [3.8, 4) is 6.07 Å². The van der Waals surface area contributed by atoms with Crippen molar-refractivity contribution < 1.29 is 14.0 Å². The van der Waals surface area contributed by atoms with E-state index in [2.05, 4.69) is 5.32 Å². The van der Waals surface area contributed by atoms with E-state index in [1.54, 1.807) is 31.2 Å². The summed E-state index contributed by atoms with van der Waals surface area (Å²) < 4.78 is 13.2. The van der Waals surface area contributed by atoms with Crippen molar-refractivity contribution in [1.82, 2.24) is 10.2 Å². The molecule has 1 heterocycles. The van der Waals surface area contributed by atoms with E-state index in [4.69, 9.17) is 5.26 Å². The zero-order valence-corrected chi connectivity index (χ0v) is 13.6. The zero-order chi connectivity index (χ0) is 18.0. The fourth-order valence-corrected chi connectivity index (χ4v) is 3.01. The Bertz CT molecular complexity index is 856. The Kier molecular flexibility index (Phi) is 4.24. The van der Waals surface area contributed by atoms with E-state index in [0.29, 0.717) is 17.5 Å². The molecule has 3 rings (SSSR count). The predicted octanol–water partition coefficient (Wildman–Crippen LogP) is 3.05. The quantitative estimate of drug-likeness (QED) is 0.872. The summed E-state index contributed by atoms with van der Waals surface area (Å²) in [6.07, 6.45) is 0.354. The minimum Gasteiger partial charge on any atom is -0.319 e. The van der Waals surface area contributed by atoms with Gasteiger partial charge in [0, 0.05) is 0 Å². The highest BCUT2D eigenvalue weighted by atomic mass is 19.1. The number of urea groups is 1. The number of hydrogen-bond acceptors (Lipinski definition) is 3. The molecular formula is C19H16FN3O2. The second-order valence-corrected chi connectivity index (χ2v) is 5.90. The fourth-order valence-electron chi connectivity index (χ4n) is 3.01. The Morgan fingerprint density at radius 1 is 1.12 bits per heavy atom. The summed E-state index contributed by atoms with van der Waals surface area (Å²) >= 11 is 0. The highest BCUT2D eigenvalue weighted by Gasteiger charge is 2.51. The summed E-state index contributed by atoms with van der Waals surface area (Å²) in [5, 5.41) is 11.6. The number of imide groups is 1. The molecule has 1 N–H and O–H groups in total. The van der Waals surface area contributed by atoms with Gasteiger partial charge in [-0.3, -0.25) is 9.69 Å². The van der Waals surface area contributed by atoms with Crippen LogP contribution in [0, 0.1) is 17.1 Å². The number of halogens is 1. The molecule has 0 radical (unpaired) electrons. The summed E-state index contributed by atoms with van der Waals surface area (Å²) in [5.74, 6) is -0.766. The van der Waals surface area contributed by atoms with Crippen molar-refractivity contribution in [2.45, 2.75) is 25.4 Å². The number of carbonyl (C=O) groups is 2. The minimum atomic E-state index is -1.18. The van der Waals surface area contributed by atoms with Crippen LogP contribution in [0.2, 0.25) is 0 Å². The van der Waals surface area contributed by atoms with E-state index >= 15 is 0 Å². The first-order valence-corrected chi connectivity index (χ1v) is 7.89. The summed E-state index contributed by atoms with van der Waals surface area (Å²) in [6.45, 7) is 1.91. The summed E-state index contributed by atoms with van der Waals surface area (Å²) in [4.78, 5) is 26.5. The number of benzene rings is 2.